The van der Waals surface area contributed by atoms with E-state index < -0.39 is 47.0 Å². The number of hydrogen-bond donors (Lipinski definition) is 0. The monoisotopic (exact) mass is 395 g/mol. The summed E-state index contributed by atoms with van der Waals surface area (Å²) in [6.45, 7) is 6.55. The van der Waals surface area contributed by atoms with E-state index in [-0.39, 0.29) is 12.3 Å². The van der Waals surface area contributed by atoms with Crippen LogP contribution >= 0.6 is 0 Å². The zero-order valence-electron chi connectivity index (χ0n) is 15.5. The van der Waals surface area contributed by atoms with Crippen molar-refractivity contribution in [3.8, 4) is 0 Å². The molecule has 0 spiro atoms. The van der Waals surface area contributed by atoms with Gasteiger partial charge in [0, 0.05) is 25.2 Å². The van der Waals surface area contributed by atoms with Gasteiger partial charge in [0.15, 0.2) is 0 Å². The van der Waals surface area contributed by atoms with Crippen molar-refractivity contribution in [2.45, 2.75) is 51.5 Å². The molecule has 1 rings (SSSR count). The second-order valence-electron chi connectivity index (χ2n) is 6.75. The Morgan fingerprint density at radius 1 is 1.38 bits per heavy atom. The van der Waals surface area contributed by atoms with Crippen LogP contribution in [-0.4, -0.2) is 43.5 Å². The molecule has 0 aliphatic heterocycles. The largest absolute Gasteiger partial charge is 0.591 e. The Balaban J connectivity index is 3.19. The minimum absolute atomic E-state index is 0.000995. The smallest absolute Gasteiger partial charge is 0.392 e. The van der Waals surface area contributed by atoms with Crippen molar-refractivity contribution in [2.75, 3.05) is 6.61 Å². The summed E-state index contributed by atoms with van der Waals surface area (Å²) in [7, 11) is 1.61. The maximum absolute atomic E-state index is 13.4. The number of aromatic nitrogens is 2. The van der Waals surface area contributed by atoms with Crippen LogP contribution in [0.2, 0.25) is 0 Å². The number of alkyl halides is 3. The number of nitrogens with zero attached hydrogens (tertiary/aromatic N) is 3. The second-order valence-corrected chi connectivity index (χ2v) is 8.66. The first-order valence-corrected chi connectivity index (χ1v) is 9.16. The molecule has 0 aliphatic rings. The number of ether oxygens (including phenoxy) is 1. The first-order chi connectivity index (χ1) is 11.8. The van der Waals surface area contributed by atoms with Gasteiger partial charge in [0.25, 0.3) is 0 Å². The summed E-state index contributed by atoms with van der Waals surface area (Å²) in [6, 6.07) is 0. The van der Waals surface area contributed by atoms with E-state index in [0.29, 0.717) is 5.56 Å². The molecule has 0 fully saturated rings. The maximum Gasteiger partial charge on any atom is 0.392 e. The Bertz CT molecular complexity index is 639. The van der Waals surface area contributed by atoms with Crippen LogP contribution in [0.15, 0.2) is 16.8 Å². The maximum atomic E-state index is 13.4. The third-order valence-corrected chi connectivity index (χ3v) is 4.81. The van der Waals surface area contributed by atoms with Gasteiger partial charge < -0.3 is 9.29 Å². The van der Waals surface area contributed by atoms with Gasteiger partial charge in [0.2, 0.25) is 0 Å². The SMILES string of the molecule is CCOC(=O)CC(C/C(=N/[S@+]([O-])C(C)(C)C)c1cnn(C)c1)C(F)(F)F. The third kappa shape index (κ3) is 6.99. The topological polar surface area (TPSA) is 79.5 Å². The molecule has 148 valence electrons. The quantitative estimate of drug-likeness (QED) is 0.403. The molecule has 1 heterocycles. The lowest BCUT2D eigenvalue weighted by Gasteiger charge is -2.22. The molecule has 0 saturated heterocycles. The van der Waals surface area contributed by atoms with Crippen LogP contribution in [0.3, 0.4) is 0 Å². The summed E-state index contributed by atoms with van der Waals surface area (Å²) in [5.74, 6) is -2.92. The zero-order chi connectivity index (χ0) is 20.1. The molecule has 0 bridgehead atoms. The normalized spacial score (nSPS) is 15.7. The number of halogens is 3. The number of aryl methyl sites for hydroxylation is 1. The number of carbonyl (C=O) groups excluding carboxylic acids is 1. The van der Waals surface area contributed by atoms with Gasteiger partial charge >= 0.3 is 12.1 Å². The fourth-order valence-electron chi connectivity index (χ4n) is 1.97. The molecule has 1 aromatic rings. The van der Waals surface area contributed by atoms with Gasteiger partial charge in [0.1, 0.15) is 21.8 Å². The summed E-state index contributed by atoms with van der Waals surface area (Å²) in [5.41, 5.74) is 0.334. The van der Waals surface area contributed by atoms with Crippen molar-refractivity contribution in [1.82, 2.24) is 9.78 Å². The summed E-state index contributed by atoms with van der Waals surface area (Å²) in [6.07, 6.45) is -3.18. The molecule has 26 heavy (non-hydrogen) atoms. The molecule has 0 aromatic carbocycles. The molecule has 2 atom stereocenters. The van der Waals surface area contributed by atoms with Gasteiger partial charge in [-0.05, 0) is 27.7 Å². The lowest BCUT2D eigenvalue weighted by molar-refractivity contribution is -0.182. The molecule has 0 aliphatic carbocycles. The van der Waals surface area contributed by atoms with Crippen LogP contribution in [0, 0.1) is 5.92 Å². The highest BCUT2D eigenvalue weighted by atomic mass is 32.2. The predicted molar refractivity (Wildman–Crippen MR) is 93.1 cm³/mol. The minimum Gasteiger partial charge on any atom is -0.591 e. The first-order valence-electron chi connectivity index (χ1n) is 8.05. The second kappa shape index (κ2) is 8.90. The Hall–Kier alpha value is -1.55. The van der Waals surface area contributed by atoms with Crippen LogP contribution in [-0.2, 0) is 27.9 Å². The fraction of sp³-hybridized carbons (Fsp3) is 0.688. The van der Waals surface area contributed by atoms with E-state index in [0.717, 1.165) is 0 Å². The van der Waals surface area contributed by atoms with Gasteiger partial charge in [-0.15, -0.1) is 0 Å². The van der Waals surface area contributed by atoms with Crippen molar-refractivity contribution in [1.29, 1.82) is 0 Å². The molecule has 0 radical (unpaired) electrons. The van der Waals surface area contributed by atoms with Gasteiger partial charge in [0.05, 0.1) is 25.1 Å². The molecular formula is C16H24F3N3O3S. The molecule has 0 amide bonds. The molecular weight excluding hydrogens is 371 g/mol. The van der Waals surface area contributed by atoms with E-state index in [4.69, 9.17) is 0 Å². The summed E-state index contributed by atoms with van der Waals surface area (Å²) in [5, 5.41) is 3.93. The molecule has 10 heteroatoms. The van der Waals surface area contributed by atoms with Crippen LogP contribution in [0.25, 0.3) is 0 Å². The standard InChI is InChI=1S/C16H24F3N3O3S/c1-6-25-14(23)8-12(16(17,18)19)7-13(11-9-20-22(5)10-11)21-26(24)15(2,3)4/h9-10,12H,6-8H2,1-5H3/b21-13-/t12?,26-/m1/s1. The molecule has 1 unspecified atom stereocenters. The van der Waals surface area contributed by atoms with Crippen LogP contribution in [0.5, 0.6) is 0 Å². The summed E-state index contributed by atoms with van der Waals surface area (Å²) in [4.78, 5) is 11.6. The molecule has 6 nitrogen and oxygen atoms in total. The van der Waals surface area contributed by atoms with Crippen molar-refractivity contribution in [2.24, 2.45) is 17.4 Å². The Morgan fingerprint density at radius 2 is 2.00 bits per heavy atom. The Labute approximate surface area is 154 Å². The Morgan fingerprint density at radius 3 is 2.42 bits per heavy atom. The van der Waals surface area contributed by atoms with Crippen molar-refractivity contribution in [3.05, 3.63) is 18.0 Å². The van der Waals surface area contributed by atoms with Crippen molar-refractivity contribution in [3.63, 3.8) is 0 Å². The molecule has 0 saturated carbocycles. The number of rotatable bonds is 7. The fourth-order valence-corrected chi connectivity index (χ4v) is 2.63. The van der Waals surface area contributed by atoms with E-state index in [9.17, 15) is 22.5 Å². The van der Waals surface area contributed by atoms with Gasteiger partial charge in [-0.25, -0.2) is 0 Å². The van der Waals surface area contributed by atoms with E-state index in [2.05, 4.69) is 14.2 Å². The number of carbonyl (C=O) groups is 1. The highest BCUT2D eigenvalue weighted by Gasteiger charge is 2.42. The van der Waals surface area contributed by atoms with E-state index in [1.165, 1.54) is 24.0 Å². The van der Waals surface area contributed by atoms with Crippen LogP contribution in [0.4, 0.5) is 13.2 Å². The van der Waals surface area contributed by atoms with Gasteiger partial charge in [-0.2, -0.15) is 18.3 Å². The lowest BCUT2D eigenvalue weighted by Crippen LogP contribution is -2.31. The minimum atomic E-state index is -4.63. The average molecular weight is 395 g/mol. The number of hydrogen-bond acceptors (Lipinski definition) is 5. The van der Waals surface area contributed by atoms with Crippen molar-refractivity contribution >= 4 is 23.0 Å². The van der Waals surface area contributed by atoms with Crippen LogP contribution < -0.4 is 0 Å². The van der Waals surface area contributed by atoms with Gasteiger partial charge in [-0.3, -0.25) is 9.48 Å². The third-order valence-electron chi connectivity index (χ3n) is 3.38. The predicted octanol–water partition coefficient (Wildman–Crippen LogP) is 3.19. The Kier molecular flexibility index (Phi) is 7.70. The molecule has 0 N–H and O–H groups in total. The average Bonchev–Trinajstić information content (AvgIpc) is 2.90. The highest BCUT2D eigenvalue weighted by molar-refractivity contribution is 7.91. The lowest BCUT2D eigenvalue weighted by atomic mass is 9.95. The highest BCUT2D eigenvalue weighted by Crippen LogP contribution is 2.33. The van der Waals surface area contributed by atoms with Gasteiger partial charge in [-0.1, -0.05) is 4.40 Å². The zero-order valence-corrected chi connectivity index (χ0v) is 16.3. The van der Waals surface area contributed by atoms with E-state index >= 15 is 0 Å². The first kappa shape index (κ1) is 22.5. The van der Waals surface area contributed by atoms with E-state index in [1.807, 2.05) is 0 Å². The van der Waals surface area contributed by atoms with E-state index in [1.54, 1.807) is 27.8 Å². The summed E-state index contributed by atoms with van der Waals surface area (Å²) >= 11 is -1.75. The van der Waals surface area contributed by atoms with Crippen LogP contribution in [0.1, 0.15) is 46.1 Å². The molecule has 1 aromatic heterocycles. The summed E-state index contributed by atoms with van der Waals surface area (Å²) < 4.78 is 61.9. The van der Waals surface area contributed by atoms with Crippen molar-refractivity contribution < 1.29 is 27.3 Å². The number of esters is 1.